The Balaban J connectivity index is 1.97. The first kappa shape index (κ1) is 12.9. The van der Waals surface area contributed by atoms with E-state index in [0.29, 0.717) is 11.4 Å². The van der Waals surface area contributed by atoms with Gasteiger partial charge >= 0.3 is 0 Å². The van der Waals surface area contributed by atoms with Gasteiger partial charge in [0.1, 0.15) is 0 Å². The van der Waals surface area contributed by atoms with E-state index in [0.717, 1.165) is 31.8 Å². The second kappa shape index (κ2) is 5.42. The maximum atomic E-state index is 12.3. The lowest BCUT2D eigenvalue weighted by molar-refractivity contribution is 0.0681. The van der Waals surface area contributed by atoms with Crippen LogP contribution in [0.4, 0.5) is 5.69 Å². The fraction of sp³-hybridized carbons (Fsp3) is 0.692. The highest BCUT2D eigenvalue weighted by Crippen LogP contribution is 2.23. The van der Waals surface area contributed by atoms with E-state index in [-0.39, 0.29) is 5.91 Å². The van der Waals surface area contributed by atoms with E-state index < -0.39 is 0 Å². The third kappa shape index (κ3) is 2.66. The number of anilines is 1. The van der Waals surface area contributed by atoms with Crippen LogP contribution in [-0.4, -0.2) is 33.7 Å². The second-order valence-corrected chi connectivity index (χ2v) is 5.13. The maximum absolute atomic E-state index is 12.3. The molecule has 0 saturated carbocycles. The zero-order valence-electron chi connectivity index (χ0n) is 11.2. The second-order valence-electron chi connectivity index (χ2n) is 5.13. The number of amides is 1. The number of rotatable bonds is 3. The highest BCUT2D eigenvalue weighted by atomic mass is 16.2. The summed E-state index contributed by atoms with van der Waals surface area (Å²) in [5, 5.41) is 4.14. The summed E-state index contributed by atoms with van der Waals surface area (Å²) in [6, 6.07) is 0. The van der Waals surface area contributed by atoms with Gasteiger partial charge in [-0.3, -0.25) is 9.48 Å². The fourth-order valence-electron chi connectivity index (χ4n) is 2.66. The fourth-order valence-corrected chi connectivity index (χ4v) is 2.66. The maximum Gasteiger partial charge on any atom is 0.276 e. The third-order valence-corrected chi connectivity index (χ3v) is 3.66. The number of nitrogens with zero attached hydrogens (tertiary/aromatic N) is 3. The number of nitrogens with two attached hydrogens (primary N) is 1. The highest BCUT2D eigenvalue weighted by molar-refractivity contribution is 5.97. The minimum atomic E-state index is -0.0250. The lowest BCUT2D eigenvalue weighted by Crippen LogP contribution is -2.39. The molecule has 0 aliphatic carbocycles. The summed E-state index contributed by atoms with van der Waals surface area (Å²) < 4.78 is 1.59. The van der Waals surface area contributed by atoms with E-state index in [4.69, 9.17) is 5.73 Å². The van der Waals surface area contributed by atoms with Gasteiger partial charge in [0.2, 0.25) is 0 Å². The molecule has 5 nitrogen and oxygen atoms in total. The van der Waals surface area contributed by atoms with Crippen molar-refractivity contribution in [3.8, 4) is 0 Å². The molecule has 100 valence electrons. The zero-order chi connectivity index (χ0) is 13.1. The molecule has 2 N–H and O–H groups in total. The Morgan fingerprint density at radius 1 is 1.50 bits per heavy atom. The molecule has 1 aliphatic rings. The zero-order valence-corrected chi connectivity index (χ0v) is 11.2. The lowest BCUT2D eigenvalue weighted by Gasteiger charge is -2.31. The first-order valence-electron chi connectivity index (χ1n) is 6.70. The summed E-state index contributed by atoms with van der Waals surface area (Å²) in [6.45, 7) is 3.88. The molecule has 1 amide bonds. The SMILES string of the molecule is CCCC1CCN(C(=O)c2nn(C)cc2N)CC1. The third-order valence-electron chi connectivity index (χ3n) is 3.66. The molecule has 0 radical (unpaired) electrons. The van der Waals surface area contributed by atoms with E-state index in [1.807, 2.05) is 4.90 Å². The lowest BCUT2D eigenvalue weighted by atomic mass is 9.92. The standard InChI is InChI=1S/C13H22N4O/c1-3-4-10-5-7-17(8-6-10)13(18)12-11(14)9-16(2)15-12/h9-10H,3-8,14H2,1-2H3. The van der Waals surface area contributed by atoms with Gasteiger partial charge in [-0.2, -0.15) is 5.10 Å². The Kier molecular flexibility index (Phi) is 3.89. The van der Waals surface area contributed by atoms with Gasteiger partial charge in [-0.25, -0.2) is 0 Å². The Morgan fingerprint density at radius 2 is 2.17 bits per heavy atom. The smallest absolute Gasteiger partial charge is 0.276 e. The van der Waals surface area contributed by atoms with Gasteiger partial charge in [0, 0.05) is 26.3 Å². The minimum absolute atomic E-state index is 0.0250. The first-order chi connectivity index (χ1) is 8.61. The molecule has 1 aliphatic heterocycles. The van der Waals surface area contributed by atoms with Crippen molar-refractivity contribution in [3.05, 3.63) is 11.9 Å². The average Bonchev–Trinajstić information content (AvgIpc) is 2.69. The van der Waals surface area contributed by atoms with Crippen molar-refractivity contribution < 1.29 is 4.79 Å². The molecule has 1 fully saturated rings. The van der Waals surface area contributed by atoms with Crippen LogP contribution in [0.3, 0.4) is 0 Å². The van der Waals surface area contributed by atoms with Crippen molar-refractivity contribution in [1.29, 1.82) is 0 Å². The number of aromatic nitrogens is 2. The number of carbonyl (C=O) groups is 1. The van der Waals surface area contributed by atoms with Crippen molar-refractivity contribution in [1.82, 2.24) is 14.7 Å². The van der Waals surface area contributed by atoms with Gasteiger partial charge in [-0.15, -0.1) is 0 Å². The molecule has 5 heteroatoms. The van der Waals surface area contributed by atoms with Crippen molar-refractivity contribution in [2.45, 2.75) is 32.6 Å². The van der Waals surface area contributed by atoms with Crippen LogP contribution in [0.1, 0.15) is 43.1 Å². The topological polar surface area (TPSA) is 64.2 Å². The molecule has 0 unspecified atom stereocenters. The molecule has 18 heavy (non-hydrogen) atoms. The van der Waals surface area contributed by atoms with Gasteiger partial charge < -0.3 is 10.6 Å². The van der Waals surface area contributed by atoms with Crippen LogP contribution in [0, 0.1) is 5.92 Å². The number of carbonyl (C=O) groups excluding carboxylic acids is 1. The van der Waals surface area contributed by atoms with Crippen LogP contribution in [0.5, 0.6) is 0 Å². The molecule has 1 aromatic heterocycles. The monoisotopic (exact) mass is 250 g/mol. The number of piperidine rings is 1. The van der Waals surface area contributed by atoms with Gasteiger partial charge in [0.25, 0.3) is 5.91 Å². The Labute approximate surface area is 108 Å². The van der Waals surface area contributed by atoms with Gasteiger partial charge in [-0.1, -0.05) is 19.8 Å². The Bertz CT molecular complexity index is 419. The predicted molar refractivity (Wildman–Crippen MR) is 71.2 cm³/mol. The van der Waals surface area contributed by atoms with Crippen LogP contribution in [0.25, 0.3) is 0 Å². The number of nitrogen functional groups attached to an aromatic ring is 1. The van der Waals surface area contributed by atoms with Gasteiger partial charge in [0.15, 0.2) is 5.69 Å². The highest BCUT2D eigenvalue weighted by Gasteiger charge is 2.25. The number of hydrogen-bond donors (Lipinski definition) is 1. The van der Waals surface area contributed by atoms with E-state index in [1.165, 1.54) is 12.8 Å². The predicted octanol–water partition coefficient (Wildman–Crippen LogP) is 1.65. The molecule has 0 bridgehead atoms. The van der Waals surface area contributed by atoms with E-state index in [1.54, 1.807) is 17.9 Å². The summed E-state index contributed by atoms with van der Waals surface area (Å²) in [5.74, 6) is 0.753. The summed E-state index contributed by atoms with van der Waals surface area (Å²) >= 11 is 0. The van der Waals surface area contributed by atoms with Crippen molar-refractivity contribution >= 4 is 11.6 Å². The van der Waals surface area contributed by atoms with E-state index in [2.05, 4.69) is 12.0 Å². The summed E-state index contributed by atoms with van der Waals surface area (Å²) in [7, 11) is 1.78. The van der Waals surface area contributed by atoms with Crippen LogP contribution in [-0.2, 0) is 7.05 Å². The van der Waals surface area contributed by atoms with Crippen LogP contribution < -0.4 is 5.73 Å². The molecule has 2 heterocycles. The number of likely N-dealkylation sites (tertiary alicyclic amines) is 1. The number of hydrogen-bond acceptors (Lipinski definition) is 3. The summed E-state index contributed by atoms with van der Waals surface area (Å²) in [5.41, 5.74) is 6.66. The molecular weight excluding hydrogens is 228 g/mol. The van der Waals surface area contributed by atoms with Crippen LogP contribution >= 0.6 is 0 Å². The van der Waals surface area contributed by atoms with Gasteiger partial charge in [-0.05, 0) is 18.8 Å². The number of aryl methyl sites for hydroxylation is 1. The minimum Gasteiger partial charge on any atom is -0.396 e. The molecule has 1 saturated heterocycles. The molecule has 0 spiro atoms. The largest absolute Gasteiger partial charge is 0.396 e. The molecule has 2 rings (SSSR count). The van der Waals surface area contributed by atoms with Crippen molar-refractivity contribution in [2.24, 2.45) is 13.0 Å². The quantitative estimate of drug-likeness (QED) is 0.887. The van der Waals surface area contributed by atoms with Gasteiger partial charge in [0.05, 0.1) is 5.69 Å². The summed E-state index contributed by atoms with van der Waals surface area (Å²) in [6.07, 6.45) is 6.38. The van der Waals surface area contributed by atoms with E-state index in [9.17, 15) is 4.79 Å². The molecule has 0 atom stereocenters. The molecule has 0 aromatic carbocycles. The molecule has 1 aromatic rings. The van der Waals surface area contributed by atoms with Crippen LogP contribution in [0.2, 0.25) is 0 Å². The first-order valence-corrected chi connectivity index (χ1v) is 6.70. The Hall–Kier alpha value is -1.52. The van der Waals surface area contributed by atoms with Crippen LogP contribution in [0.15, 0.2) is 6.20 Å². The van der Waals surface area contributed by atoms with Crippen molar-refractivity contribution in [3.63, 3.8) is 0 Å². The van der Waals surface area contributed by atoms with Crippen molar-refractivity contribution in [2.75, 3.05) is 18.8 Å². The van der Waals surface area contributed by atoms with E-state index >= 15 is 0 Å². The normalized spacial score (nSPS) is 17.1. The average molecular weight is 250 g/mol. The Morgan fingerprint density at radius 3 is 2.67 bits per heavy atom. The molecular formula is C13H22N4O. The summed E-state index contributed by atoms with van der Waals surface area (Å²) in [4.78, 5) is 14.1.